The molecule has 0 saturated carbocycles. The summed E-state index contributed by atoms with van der Waals surface area (Å²) >= 11 is 5.60. The van der Waals surface area contributed by atoms with Crippen molar-refractivity contribution in [3.63, 3.8) is 0 Å². The number of carbonyl (C=O) groups is 1. The largest absolute Gasteiger partial charge is 0.466 e. The van der Waals surface area contributed by atoms with Crippen molar-refractivity contribution in [1.29, 1.82) is 0 Å². The highest BCUT2D eigenvalue weighted by molar-refractivity contribution is 6.17. The van der Waals surface area contributed by atoms with Crippen molar-refractivity contribution in [2.75, 3.05) is 12.5 Å². The topological polar surface area (TPSA) is 26.3 Å². The van der Waals surface area contributed by atoms with E-state index < -0.39 is 0 Å². The van der Waals surface area contributed by atoms with Gasteiger partial charge in [0.15, 0.2) is 0 Å². The zero-order chi connectivity index (χ0) is 12.1. The van der Waals surface area contributed by atoms with Crippen LogP contribution in [0.2, 0.25) is 0 Å². The van der Waals surface area contributed by atoms with Gasteiger partial charge in [-0.15, -0.1) is 11.6 Å². The molecule has 0 saturated heterocycles. The first-order valence-electron chi connectivity index (χ1n) is 6.46. The summed E-state index contributed by atoms with van der Waals surface area (Å²) in [5.41, 5.74) is 0. The van der Waals surface area contributed by atoms with E-state index in [1.165, 1.54) is 51.9 Å². The molecule has 96 valence electrons. The smallest absolute Gasteiger partial charge is 0.302 e. The molecule has 0 aliphatic heterocycles. The van der Waals surface area contributed by atoms with E-state index in [1.54, 1.807) is 0 Å². The summed E-state index contributed by atoms with van der Waals surface area (Å²) in [6.07, 6.45) is 11.2. The van der Waals surface area contributed by atoms with Crippen LogP contribution in [0.4, 0.5) is 0 Å². The van der Waals surface area contributed by atoms with Gasteiger partial charge in [-0.05, 0) is 12.8 Å². The van der Waals surface area contributed by atoms with E-state index in [9.17, 15) is 4.79 Å². The molecule has 16 heavy (non-hydrogen) atoms. The van der Waals surface area contributed by atoms with Crippen molar-refractivity contribution in [1.82, 2.24) is 0 Å². The number of hydrogen-bond acceptors (Lipinski definition) is 2. The number of carbonyl (C=O) groups excluding carboxylic acids is 1. The van der Waals surface area contributed by atoms with E-state index in [4.69, 9.17) is 16.3 Å². The minimum absolute atomic E-state index is 0.167. The zero-order valence-corrected chi connectivity index (χ0v) is 11.2. The first-order valence-corrected chi connectivity index (χ1v) is 7.00. The van der Waals surface area contributed by atoms with Crippen molar-refractivity contribution >= 4 is 17.6 Å². The van der Waals surface area contributed by atoms with Crippen LogP contribution >= 0.6 is 11.6 Å². The summed E-state index contributed by atoms with van der Waals surface area (Å²) < 4.78 is 4.86. The molecule has 0 atom stereocenters. The Morgan fingerprint density at radius 2 is 1.31 bits per heavy atom. The van der Waals surface area contributed by atoms with Crippen LogP contribution < -0.4 is 0 Å². The molecular weight excluding hydrogens is 224 g/mol. The van der Waals surface area contributed by atoms with E-state index in [0.29, 0.717) is 6.61 Å². The van der Waals surface area contributed by atoms with E-state index in [-0.39, 0.29) is 5.97 Å². The Labute approximate surface area is 105 Å². The molecule has 0 unspecified atom stereocenters. The van der Waals surface area contributed by atoms with Gasteiger partial charge < -0.3 is 4.74 Å². The van der Waals surface area contributed by atoms with Gasteiger partial charge in [-0.1, -0.05) is 44.9 Å². The third-order valence-corrected chi connectivity index (χ3v) is 2.85. The first kappa shape index (κ1) is 15.8. The van der Waals surface area contributed by atoms with Crippen molar-refractivity contribution in [3.8, 4) is 0 Å². The third kappa shape index (κ3) is 13.8. The number of ether oxygens (including phenoxy) is 1. The van der Waals surface area contributed by atoms with Crippen LogP contribution in [-0.2, 0) is 9.53 Å². The fraction of sp³-hybridized carbons (Fsp3) is 0.923. The van der Waals surface area contributed by atoms with E-state index >= 15 is 0 Å². The molecule has 3 heteroatoms. The van der Waals surface area contributed by atoms with Gasteiger partial charge in [0, 0.05) is 12.8 Å². The Morgan fingerprint density at radius 3 is 1.75 bits per heavy atom. The van der Waals surface area contributed by atoms with Crippen LogP contribution in [0.15, 0.2) is 0 Å². The highest BCUT2D eigenvalue weighted by Gasteiger charge is 1.94. The van der Waals surface area contributed by atoms with E-state index in [0.717, 1.165) is 18.7 Å². The summed E-state index contributed by atoms with van der Waals surface area (Å²) in [5, 5.41) is 0. The molecule has 0 fully saturated rings. The van der Waals surface area contributed by atoms with Crippen LogP contribution in [0.1, 0.15) is 64.7 Å². The molecule has 2 nitrogen and oxygen atoms in total. The maximum atomic E-state index is 10.5. The standard InChI is InChI=1S/C13H25ClO2/c1-13(15)16-12-10-8-6-4-2-3-5-7-9-11-14/h2-12H2,1H3. The molecule has 0 amide bonds. The van der Waals surface area contributed by atoms with Gasteiger partial charge in [-0.3, -0.25) is 4.79 Å². The highest BCUT2D eigenvalue weighted by Crippen LogP contribution is 2.09. The normalized spacial score (nSPS) is 10.4. The lowest BCUT2D eigenvalue weighted by atomic mass is 10.1. The first-order chi connectivity index (χ1) is 7.77. The molecule has 0 heterocycles. The Kier molecular flexibility index (Phi) is 12.6. The van der Waals surface area contributed by atoms with Crippen molar-refractivity contribution in [2.45, 2.75) is 64.7 Å². The van der Waals surface area contributed by atoms with E-state index in [1.807, 2.05) is 0 Å². The summed E-state index contributed by atoms with van der Waals surface area (Å²) in [6, 6.07) is 0. The van der Waals surface area contributed by atoms with Crippen LogP contribution in [0, 0.1) is 0 Å². The molecule has 0 radical (unpaired) electrons. The molecule has 0 aliphatic carbocycles. The zero-order valence-electron chi connectivity index (χ0n) is 10.5. The second-order valence-electron chi connectivity index (χ2n) is 4.21. The lowest BCUT2D eigenvalue weighted by Gasteiger charge is -2.02. The summed E-state index contributed by atoms with van der Waals surface area (Å²) in [6.45, 7) is 2.05. The lowest BCUT2D eigenvalue weighted by Crippen LogP contribution is -2.00. The number of esters is 1. The maximum Gasteiger partial charge on any atom is 0.302 e. The lowest BCUT2D eigenvalue weighted by molar-refractivity contribution is -0.141. The summed E-state index contributed by atoms with van der Waals surface area (Å²) in [5.74, 6) is 0.634. The summed E-state index contributed by atoms with van der Waals surface area (Å²) in [7, 11) is 0. The SMILES string of the molecule is CC(=O)OCCCCCCCCCCCCl. The summed E-state index contributed by atoms with van der Waals surface area (Å²) in [4.78, 5) is 10.5. The molecule has 0 aromatic carbocycles. The fourth-order valence-electron chi connectivity index (χ4n) is 1.65. The van der Waals surface area contributed by atoms with Gasteiger partial charge >= 0.3 is 5.97 Å². The third-order valence-electron chi connectivity index (χ3n) is 2.58. The number of halogens is 1. The number of hydrogen-bond donors (Lipinski definition) is 0. The average molecular weight is 249 g/mol. The van der Waals surface area contributed by atoms with Gasteiger partial charge in [0.25, 0.3) is 0 Å². The van der Waals surface area contributed by atoms with Crippen LogP contribution in [0.3, 0.4) is 0 Å². The van der Waals surface area contributed by atoms with Gasteiger partial charge in [0.1, 0.15) is 0 Å². The number of alkyl halides is 1. The molecule has 0 bridgehead atoms. The second kappa shape index (κ2) is 12.8. The minimum Gasteiger partial charge on any atom is -0.466 e. The number of rotatable bonds is 11. The van der Waals surface area contributed by atoms with Gasteiger partial charge in [-0.25, -0.2) is 0 Å². The van der Waals surface area contributed by atoms with Gasteiger partial charge in [0.2, 0.25) is 0 Å². The quantitative estimate of drug-likeness (QED) is 0.310. The predicted molar refractivity (Wildman–Crippen MR) is 68.9 cm³/mol. The Bertz CT molecular complexity index is 160. The molecule has 0 rings (SSSR count). The van der Waals surface area contributed by atoms with Gasteiger partial charge in [-0.2, -0.15) is 0 Å². The Hall–Kier alpha value is -0.240. The predicted octanol–water partition coefficient (Wildman–Crippen LogP) is 4.30. The minimum atomic E-state index is -0.167. The van der Waals surface area contributed by atoms with Crippen LogP contribution in [-0.4, -0.2) is 18.5 Å². The molecule has 0 N–H and O–H groups in total. The molecule has 0 aromatic rings. The second-order valence-corrected chi connectivity index (χ2v) is 4.59. The van der Waals surface area contributed by atoms with Crippen molar-refractivity contribution < 1.29 is 9.53 Å². The molecule has 0 aromatic heterocycles. The van der Waals surface area contributed by atoms with Crippen LogP contribution in [0.25, 0.3) is 0 Å². The van der Waals surface area contributed by atoms with Crippen LogP contribution in [0.5, 0.6) is 0 Å². The highest BCUT2D eigenvalue weighted by atomic mass is 35.5. The average Bonchev–Trinajstić information content (AvgIpc) is 2.25. The Morgan fingerprint density at radius 1 is 0.875 bits per heavy atom. The number of unbranched alkanes of at least 4 members (excludes halogenated alkanes) is 8. The molecule has 0 spiro atoms. The van der Waals surface area contributed by atoms with Gasteiger partial charge in [0.05, 0.1) is 6.61 Å². The molecule has 0 aliphatic rings. The van der Waals surface area contributed by atoms with E-state index in [2.05, 4.69) is 0 Å². The fourth-order valence-corrected chi connectivity index (χ4v) is 1.84. The maximum absolute atomic E-state index is 10.5. The monoisotopic (exact) mass is 248 g/mol. The molecular formula is C13H25ClO2. The Balaban J connectivity index is 2.90. The van der Waals surface area contributed by atoms with Crippen molar-refractivity contribution in [3.05, 3.63) is 0 Å². The van der Waals surface area contributed by atoms with Crippen molar-refractivity contribution in [2.24, 2.45) is 0 Å².